The van der Waals surface area contributed by atoms with Gasteiger partial charge < -0.3 is 19.2 Å². The van der Waals surface area contributed by atoms with Gasteiger partial charge in [-0.2, -0.15) is 8.42 Å². The van der Waals surface area contributed by atoms with Crippen LogP contribution in [0.1, 0.15) is 44.4 Å². The highest BCUT2D eigenvalue weighted by molar-refractivity contribution is 7.81. The van der Waals surface area contributed by atoms with Gasteiger partial charge in [0.15, 0.2) is 0 Å². The average molecular weight is 359 g/mol. The number of hydrogen-bond donors (Lipinski definition) is 1. The summed E-state index contributed by atoms with van der Waals surface area (Å²) in [6.07, 6.45) is 0. The molecular weight excluding hydrogens is 336 g/mol. The van der Waals surface area contributed by atoms with Gasteiger partial charge >= 0.3 is 17.6 Å². The molecule has 1 aliphatic heterocycles. The Morgan fingerprint density at radius 2 is 1.67 bits per heavy atom. The van der Waals surface area contributed by atoms with Crippen molar-refractivity contribution in [1.29, 1.82) is 0 Å². The molecule has 6 nitrogen and oxygen atoms in total. The minimum atomic E-state index is -5.15. The third kappa shape index (κ3) is 3.44. The van der Waals surface area contributed by atoms with E-state index in [4.69, 9.17) is 15.0 Å². The zero-order valence-electron chi connectivity index (χ0n) is 14.8. The van der Waals surface area contributed by atoms with E-state index in [9.17, 15) is 12.3 Å². The molecule has 0 amide bonds. The first-order chi connectivity index (χ1) is 10.8. The maximum Gasteiger partial charge on any atom is 0.495 e. The van der Waals surface area contributed by atoms with Crippen LogP contribution in [-0.2, 0) is 26.4 Å². The summed E-state index contributed by atoms with van der Waals surface area (Å²) in [6.45, 7) is 11.3. The number of nitrogens with two attached hydrogens (primary N) is 1. The van der Waals surface area contributed by atoms with E-state index in [1.165, 1.54) is 6.07 Å². The van der Waals surface area contributed by atoms with Gasteiger partial charge in [0.05, 0.1) is 11.2 Å². The average Bonchev–Trinajstić information content (AvgIpc) is 2.60. The van der Waals surface area contributed by atoms with Crippen LogP contribution in [0, 0.1) is 13.8 Å². The third-order valence-electron chi connectivity index (χ3n) is 4.86. The van der Waals surface area contributed by atoms with Gasteiger partial charge in [-0.15, -0.1) is 0 Å². The summed E-state index contributed by atoms with van der Waals surface area (Å²) in [5, 5.41) is 0. The molecule has 0 spiro atoms. The first kappa shape index (κ1) is 19.2. The lowest BCUT2D eigenvalue weighted by Crippen LogP contribution is -2.41. The van der Waals surface area contributed by atoms with Crippen molar-refractivity contribution in [3.8, 4) is 5.75 Å². The SMILES string of the molecule is Cc1c(CN)cc(OS(=O)(=O)F)c(C)c1B1OC(C)(C)C(C)(C)O1. The normalized spacial score (nSPS) is 19.6. The summed E-state index contributed by atoms with van der Waals surface area (Å²) in [4.78, 5) is 0. The zero-order chi connectivity index (χ0) is 18.5. The van der Waals surface area contributed by atoms with E-state index in [-0.39, 0.29) is 12.3 Å². The summed E-state index contributed by atoms with van der Waals surface area (Å²) in [5.41, 5.74) is 7.07. The molecule has 9 heteroatoms. The van der Waals surface area contributed by atoms with Crippen molar-refractivity contribution in [3.05, 3.63) is 22.8 Å². The van der Waals surface area contributed by atoms with Crippen LogP contribution in [0.2, 0.25) is 0 Å². The minimum absolute atomic E-state index is 0.117. The van der Waals surface area contributed by atoms with E-state index < -0.39 is 28.8 Å². The van der Waals surface area contributed by atoms with Crippen LogP contribution in [-0.4, -0.2) is 26.7 Å². The Bertz CT molecular complexity index is 748. The van der Waals surface area contributed by atoms with Crippen LogP contribution >= 0.6 is 0 Å². The van der Waals surface area contributed by atoms with Crippen molar-refractivity contribution in [2.75, 3.05) is 0 Å². The number of halogens is 1. The fraction of sp³-hybridized carbons (Fsp3) is 0.600. The molecule has 1 aromatic rings. The molecule has 2 N–H and O–H groups in total. The Morgan fingerprint density at radius 1 is 1.17 bits per heavy atom. The minimum Gasteiger partial charge on any atom is -0.399 e. The van der Waals surface area contributed by atoms with Gasteiger partial charge in [0.25, 0.3) is 0 Å². The first-order valence-electron chi connectivity index (χ1n) is 7.62. The molecule has 1 heterocycles. The highest BCUT2D eigenvalue weighted by Gasteiger charge is 2.52. The Morgan fingerprint density at radius 3 is 2.08 bits per heavy atom. The van der Waals surface area contributed by atoms with Crippen LogP contribution in [0.15, 0.2) is 6.07 Å². The van der Waals surface area contributed by atoms with Crippen molar-refractivity contribution in [2.45, 2.75) is 59.3 Å². The molecule has 1 saturated heterocycles. The number of rotatable bonds is 4. The second kappa shape index (κ2) is 5.98. The standard InChI is InChI=1S/C15H23BFNO5S/c1-9-11(8-18)7-12(21-24(17,19)20)10(2)13(9)16-22-14(3,4)15(5,6)23-16/h7H,8,18H2,1-6H3. The van der Waals surface area contributed by atoms with E-state index in [1.54, 1.807) is 6.92 Å². The lowest BCUT2D eigenvalue weighted by molar-refractivity contribution is 0.00578. The maximum absolute atomic E-state index is 13.0. The fourth-order valence-electron chi connectivity index (χ4n) is 2.68. The summed E-state index contributed by atoms with van der Waals surface area (Å²) < 4.78 is 51.3. The van der Waals surface area contributed by atoms with E-state index >= 15 is 0 Å². The van der Waals surface area contributed by atoms with Crippen molar-refractivity contribution >= 4 is 23.1 Å². The molecule has 24 heavy (non-hydrogen) atoms. The highest BCUT2D eigenvalue weighted by Crippen LogP contribution is 2.38. The van der Waals surface area contributed by atoms with E-state index in [0.29, 0.717) is 16.6 Å². The topological polar surface area (TPSA) is 87.9 Å². The van der Waals surface area contributed by atoms with Gasteiger partial charge in [0.2, 0.25) is 0 Å². The lowest BCUT2D eigenvalue weighted by atomic mass is 9.72. The van der Waals surface area contributed by atoms with Crippen molar-refractivity contribution < 1.29 is 25.8 Å². The summed E-state index contributed by atoms with van der Waals surface area (Å²) >= 11 is 0. The molecule has 0 saturated carbocycles. The quantitative estimate of drug-likeness (QED) is 0.650. The Balaban J connectivity index is 2.60. The second-order valence-corrected chi connectivity index (χ2v) is 7.92. The monoisotopic (exact) mass is 359 g/mol. The predicted octanol–water partition coefficient (Wildman–Crippen LogP) is 1.65. The van der Waals surface area contributed by atoms with Crippen LogP contribution in [0.25, 0.3) is 0 Å². The summed E-state index contributed by atoms with van der Waals surface area (Å²) in [6, 6.07) is 1.43. The molecule has 134 valence electrons. The van der Waals surface area contributed by atoms with E-state index in [0.717, 1.165) is 5.56 Å². The molecule has 1 aliphatic rings. The fourth-order valence-corrected chi connectivity index (χ4v) is 3.07. The molecule has 0 atom stereocenters. The van der Waals surface area contributed by atoms with Gasteiger partial charge in [0, 0.05) is 6.54 Å². The Kier molecular flexibility index (Phi) is 4.78. The summed E-state index contributed by atoms with van der Waals surface area (Å²) in [5.74, 6) is -0.117. The van der Waals surface area contributed by atoms with E-state index in [2.05, 4.69) is 4.18 Å². The molecule has 1 fully saturated rings. The maximum atomic E-state index is 13.0. The third-order valence-corrected chi connectivity index (χ3v) is 5.24. The van der Waals surface area contributed by atoms with Crippen molar-refractivity contribution in [1.82, 2.24) is 0 Å². The molecule has 0 aliphatic carbocycles. The molecule has 0 unspecified atom stereocenters. The van der Waals surface area contributed by atoms with Crippen LogP contribution in [0.5, 0.6) is 5.75 Å². The van der Waals surface area contributed by atoms with Crippen molar-refractivity contribution in [3.63, 3.8) is 0 Å². The van der Waals surface area contributed by atoms with Gasteiger partial charge in [-0.3, -0.25) is 0 Å². The lowest BCUT2D eigenvalue weighted by Gasteiger charge is -2.32. The zero-order valence-corrected chi connectivity index (χ0v) is 15.6. The highest BCUT2D eigenvalue weighted by atomic mass is 32.3. The Hall–Kier alpha value is -1.16. The van der Waals surface area contributed by atoms with E-state index in [1.807, 2.05) is 34.6 Å². The molecule has 0 aromatic heterocycles. The molecule has 2 rings (SSSR count). The number of benzene rings is 1. The van der Waals surface area contributed by atoms with Gasteiger partial charge in [0.1, 0.15) is 5.75 Å². The van der Waals surface area contributed by atoms with Crippen LogP contribution in [0.3, 0.4) is 0 Å². The number of hydrogen-bond acceptors (Lipinski definition) is 6. The van der Waals surface area contributed by atoms with Crippen LogP contribution in [0.4, 0.5) is 3.89 Å². The second-order valence-electron chi connectivity index (χ2n) is 6.97. The summed E-state index contributed by atoms with van der Waals surface area (Å²) in [7, 11) is -5.88. The Labute approximate surface area is 143 Å². The molecule has 0 bridgehead atoms. The van der Waals surface area contributed by atoms with Gasteiger partial charge in [-0.25, -0.2) is 0 Å². The van der Waals surface area contributed by atoms with Gasteiger partial charge in [-0.1, -0.05) is 3.89 Å². The molecule has 1 aromatic carbocycles. The van der Waals surface area contributed by atoms with Crippen molar-refractivity contribution in [2.24, 2.45) is 5.73 Å². The first-order valence-corrected chi connectivity index (χ1v) is 8.92. The molecular formula is C15H23BFNO5S. The van der Waals surface area contributed by atoms with Gasteiger partial charge in [-0.05, 0) is 69.8 Å². The molecule has 0 radical (unpaired) electrons. The van der Waals surface area contributed by atoms with Crippen LogP contribution < -0.4 is 15.4 Å². The predicted molar refractivity (Wildman–Crippen MR) is 90.2 cm³/mol. The smallest absolute Gasteiger partial charge is 0.399 e. The largest absolute Gasteiger partial charge is 0.495 e.